The highest BCUT2D eigenvalue weighted by atomic mass is 19.1. The van der Waals surface area contributed by atoms with Crippen LogP contribution in [0.1, 0.15) is 24.8 Å². The van der Waals surface area contributed by atoms with Crippen LogP contribution in [-0.4, -0.2) is 41.9 Å². The highest BCUT2D eigenvalue weighted by Crippen LogP contribution is 2.40. The number of hydrogen-bond acceptors (Lipinski definition) is 2. The minimum atomic E-state index is -0.207. The van der Waals surface area contributed by atoms with Crippen molar-refractivity contribution in [2.45, 2.75) is 25.8 Å². The quantitative estimate of drug-likeness (QED) is 0.799. The third-order valence-electron chi connectivity index (χ3n) is 4.93. The van der Waals surface area contributed by atoms with Crippen LogP contribution in [0.2, 0.25) is 0 Å². The number of benzene rings is 1. The van der Waals surface area contributed by atoms with Gasteiger partial charge in [0.1, 0.15) is 5.82 Å². The van der Waals surface area contributed by atoms with Gasteiger partial charge in [0.2, 0.25) is 5.91 Å². The van der Waals surface area contributed by atoms with Crippen molar-refractivity contribution in [1.29, 1.82) is 0 Å². The molecule has 22 heavy (non-hydrogen) atoms. The van der Waals surface area contributed by atoms with E-state index in [1.165, 1.54) is 12.1 Å². The number of hydrogen-bond donors (Lipinski definition) is 0. The van der Waals surface area contributed by atoms with E-state index in [0.29, 0.717) is 6.54 Å². The fourth-order valence-corrected chi connectivity index (χ4v) is 3.81. The molecule has 2 aliphatic heterocycles. The molecule has 2 saturated heterocycles. The second kappa shape index (κ2) is 6.21. The maximum atomic E-state index is 13.0. The van der Waals surface area contributed by atoms with Crippen LogP contribution >= 0.6 is 0 Å². The Morgan fingerprint density at radius 1 is 1.23 bits per heavy atom. The summed E-state index contributed by atoms with van der Waals surface area (Å²) in [5, 5.41) is 0. The van der Waals surface area contributed by atoms with E-state index < -0.39 is 0 Å². The summed E-state index contributed by atoms with van der Waals surface area (Å²) < 4.78 is 13.0. The summed E-state index contributed by atoms with van der Waals surface area (Å²) in [4.78, 5) is 17.0. The molecule has 0 radical (unpaired) electrons. The third kappa shape index (κ3) is 2.93. The van der Waals surface area contributed by atoms with Gasteiger partial charge in [-0.25, -0.2) is 4.39 Å². The summed E-state index contributed by atoms with van der Waals surface area (Å²) >= 11 is 0. The lowest BCUT2D eigenvalue weighted by Crippen LogP contribution is -2.47. The molecule has 0 bridgehead atoms. The van der Waals surface area contributed by atoms with Gasteiger partial charge < -0.3 is 4.90 Å². The molecule has 1 spiro atoms. The molecule has 3 nitrogen and oxygen atoms in total. The first-order valence-corrected chi connectivity index (χ1v) is 8.00. The smallest absolute Gasteiger partial charge is 0.230 e. The van der Waals surface area contributed by atoms with Gasteiger partial charge in [0.05, 0.1) is 5.41 Å². The summed E-state index contributed by atoms with van der Waals surface area (Å²) in [6, 6.07) is 6.66. The second-order valence-corrected chi connectivity index (χ2v) is 6.51. The zero-order chi connectivity index (χ0) is 15.6. The fourth-order valence-electron chi connectivity index (χ4n) is 3.81. The maximum absolute atomic E-state index is 13.0. The molecule has 1 aromatic carbocycles. The number of carbonyl (C=O) groups excluding carboxylic acids is 1. The molecule has 0 saturated carbocycles. The molecule has 1 amide bonds. The number of nitrogens with zero attached hydrogens (tertiary/aromatic N) is 2. The van der Waals surface area contributed by atoms with Crippen LogP contribution in [0.4, 0.5) is 4.39 Å². The van der Waals surface area contributed by atoms with Crippen LogP contribution in [0.25, 0.3) is 0 Å². The zero-order valence-corrected chi connectivity index (χ0v) is 12.9. The zero-order valence-electron chi connectivity index (χ0n) is 12.9. The van der Waals surface area contributed by atoms with Gasteiger partial charge in [-0.15, -0.1) is 6.58 Å². The molecule has 2 aliphatic rings. The molecule has 1 atom stereocenters. The molecule has 0 unspecified atom stereocenters. The summed E-state index contributed by atoms with van der Waals surface area (Å²) in [6.45, 7) is 7.84. The molecule has 3 rings (SSSR count). The van der Waals surface area contributed by atoms with Crippen LogP contribution in [-0.2, 0) is 11.3 Å². The van der Waals surface area contributed by atoms with E-state index in [2.05, 4.69) is 11.5 Å². The van der Waals surface area contributed by atoms with Crippen LogP contribution in [0, 0.1) is 11.2 Å². The van der Waals surface area contributed by atoms with Crippen LogP contribution in [0.15, 0.2) is 36.9 Å². The van der Waals surface area contributed by atoms with Gasteiger partial charge in [-0.05, 0) is 43.5 Å². The highest BCUT2D eigenvalue weighted by molar-refractivity contribution is 5.85. The van der Waals surface area contributed by atoms with Crippen LogP contribution in [0.5, 0.6) is 0 Å². The lowest BCUT2D eigenvalue weighted by molar-refractivity contribution is -0.138. The van der Waals surface area contributed by atoms with E-state index in [9.17, 15) is 9.18 Å². The van der Waals surface area contributed by atoms with Crippen molar-refractivity contribution in [3.63, 3.8) is 0 Å². The monoisotopic (exact) mass is 302 g/mol. The van der Waals surface area contributed by atoms with Crippen molar-refractivity contribution in [2.75, 3.05) is 26.2 Å². The molecule has 0 aromatic heterocycles. The first kappa shape index (κ1) is 15.2. The Morgan fingerprint density at radius 2 is 2.00 bits per heavy atom. The highest BCUT2D eigenvalue weighted by Gasteiger charge is 2.48. The van der Waals surface area contributed by atoms with Crippen molar-refractivity contribution in [2.24, 2.45) is 5.41 Å². The predicted molar refractivity (Wildman–Crippen MR) is 84.7 cm³/mol. The molecule has 2 fully saturated rings. The van der Waals surface area contributed by atoms with Gasteiger partial charge in [0, 0.05) is 26.2 Å². The Kier molecular flexibility index (Phi) is 4.30. The summed E-state index contributed by atoms with van der Waals surface area (Å²) in [6.07, 6.45) is 4.78. The molecule has 118 valence electrons. The molecule has 0 aliphatic carbocycles. The van der Waals surface area contributed by atoms with Crippen molar-refractivity contribution in [3.05, 3.63) is 48.3 Å². The number of amides is 1. The number of likely N-dealkylation sites (tertiary alicyclic amines) is 2. The van der Waals surface area contributed by atoms with Crippen LogP contribution < -0.4 is 0 Å². The van der Waals surface area contributed by atoms with Gasteiger partial charge in [-0.3, -0.25) is 9.69 Å². The molecular formula is C18H23FN2O. The Hall–Kier alpha value is -1.68. The van der Waals surface area contributed by atoms with Gasteiger partial charge in [0.25, 0.3) is 0 Å². The van der Waals surface area contributed by atoms with Crippen molar-refractivity contribution in [3.8, 4) is 0 Å². The third-order valence-corrected chi connectivity index (χ3v) is 4.93. The maximum Gasteiger partial charge on any atom is 0.230 e. The number of carbonyl (C=O) groups is 1. The minimum absolute atomic E-state index is 0.204. The summed E-state index contributed by atoms with van der Waals surface area (Å²) in [5.74, 6) is 0.0844. The SMILES string of the molecule is C=CCN1CC[C@]2(CCCN(Cc3ccc(F)cc3)C2)C1=O. The number of rotatable bonds is 4. The Balaban J connectivity index is 1.68. The first-order valence-electron chi connectivity index (χ1n) is 8.00. The molecular weight excluding hydrogens is 279 g/mol. The lowest BCUT2D eigenvalue weighted by atomic mass is 9.78. The van der Waals surface area contributed by atoms with Gasteiger partial charge >= 0.3 is 0 Å². The van der Waals surface area contributed by atoms with E-state index in [1.54, 1.807) is 6.08 Å². The van der Waals surface area contributed by atoms with Gasteiger partial charge in [-0.1, -0.05) is 18.2 Å². The molecule has 1 aromatic rings. The molecule has 0 N–H and O–H groups in total. The average molecular weight is 302 g/mol. The normalized spacial score (nSPS) is 25.9. The van der Waals surface area contributed by atoms with Gasteiger partial charge in [-0.2, -0.15) is 0 Å². The average Bonchev–Trinajstić information content (AvgIpc) is 2.80. The van der Waals surface area contributed by atoms with E-state index in [0.717, 1.165) is 51.0 Å². The number of piperidine rings is 1. The van der Waals surface area contributed by atoms with E-state index in [4.69, 9.17) is 0 Å². The summed E-state index contributed by atoms with van der Waals surface area (Å²) in [7, 11) is 0. The largest absolute Gasteiger partial charge is 0.338 e. The summed E-state index contributed by atoms with van der Waals surface area (Å²) in [5.41, 5.74) is 0.897. The van der Waals surface area contributed by atoms with E-state index in [1.807, 2.05) is 17.0 Å². The minimum Gasteiger partial charge on any atom is -0.338 e. The first-order chi connectivity index (χ1) is 10.6. The van der Waals surface area contributed by atoms with Crippen molar-refractivity contribution >= 4 is 5.91 Å². The van der Waals surface area contributed by atoms with Crippen molar-refractivity contribution in [1.82, 2.24) is 9.80 Å². The standard InChI is InChI=1S/C18H23FN2O/c1-2-10-21-12-9-18(17(21)22)8-3-11-20(14-18)13-15-4-6-16(19)7-5-15/h2,4-7H,1,3,8-14H2/t18-/m0/s1. The Bertz CT molecular complexity index is 557. The number of halogens is 1. The molecule has 2 heterocycles. The van der Waals surface area contributed by atoms with Gasteiger partial charge in [0.15, 0.2) is 0 Å². The topological polar surface area (TPSA) is 23.6 Å². The molecule has 4 heteroatoms. The van der Waals surface area contributed by atoms with E-state index in [-0.39, 0.29) is 17.1 Å². The Labute approximate surface area is 131 Å². The predicted octanol–water partition coefficient (Wildman–Crippen LogP) is 2.83. The fraction of sp³-hybridized carbons (Fsp3) is 0.500. The van der Waals surface area contributed by atoms with Crippen molar-refractivity contribution < 1.29 is 9.18 Å². The second-order valence-electron chi connectivity index (χ2n) is 6.51. The lowest BCUT2D eigenvalue weighted by Gasteiger charge is -2.39. The van der Waals surface area contributed by atoms with E-state index >= 15 is 0 Å². The Morgan fingerprint density at radius 3 is 2.73 bits per heavy atom. The van der Waals surface area contributed by atoms with Crippen LogP contribution in [0.3, 0.4) is 0 Å².